The number of hydrogen-bond donors (Lipinski definition) is 1. The minimum atomic E-state index is -3.87. The second-order valence-corrected chi connectivity index (χ2v) is 9.53. The maximum absolute atomic E-state index is 12.8. The Hall–Kier alpha value is -1.71. The molecule has 1 aliphatic heterocycles. The second kappa shape index (κ2) is 7.73. The lowest BCUT2D eigenvalue weighted by Crippen LogP contribution is -2.45. The number of halogens is 1. The number of nitrogens with zero attached hydrogens (tertiary/aromatic N) is 2. The van der Waals surface area contributed by atoms with E-state index >= 15 is 0 Å². The second-order valence-electron chi connectivity index (χ2n) is 7.18. The molecule has 1 aromatic rings. The normalized spacial score (nSPS) is 20.2. The van der Waals surface area contributed by atoms with Gasteiger partial charge in [0.05, 0.1) is 9.82 Å². The molecule has 2 aliphatic rings. The molecule has 0 unspecified atom stereocenters. The Morgan fingerprint density at radius 2 is 1.93 bits per heavy atom. The molecule has 1 saturated heterocycles. The minimum Gasteiger partial charge on any atom is -0.353 e. The first-order valence-corrected chi connectivity index (χ1v) is 10.8. The number of nitro groups is 1. The predicted molar refractivity (Wildman–Crippen MR) is 99.9 cm³/mol. The van der Waals surface area contributed by atoms with E-state index in [0.717, 1.165) is 18.9 Å². The van der Waals surface area contributed by atoms with Crippen LogP contribution in [0.2, 0.25) is 5.02 Å². The van der Waals surface area contributed by atoms with Crippen LogP contribution in [0.15, 0.2) is 23.1 Å². The fourth-order valence-corrected chi connectivity index (χ4v) is 5.03. The molecular formula is C17H22ClN3O5S. The van der Waals surface area contributed by atoms with Crippen LogP contribution in [0.1, 0.15) is 32.6 Å². The highest BCUT2D eigenvalue weighted by Gasteiger charge is 2.35. The molecule has 1 atom stereocenters. The van der Waals surface area contributed by atoms with E-state index in [-0.39, 0.29) is 40.9 Å². The van der Waals surface area contributed by atoms with Crippen molar-refractivity contribution in [1.82, 2.24) is 9.62 Å². The third kappa shape index (κ3) is 4.41. The van der Waals surface area contributed by atoms with E-state index < -0.39 is 20.6 Å². The van der Waals surface area contributed by atoms with Crippen molar-refractivity contribution in [2.45, 2.75) is 43.5 Å². The molecule has 3 rings (SSSR count). The van der Waals surface area contributed by atoms with Gasteiger partial charge in [0, 0.05) is 31.1 Å². The van der Waals surface area contributed by atoms with Gasteiger partial charge in [-0.15, -0.1) is 0 Å². The van der Waals surface area contributed by atoms with E-state index in [2.05, 4.69) is 5.32 Å². The molecule has 1 amide bonds. The zero-order valence-electron chi connectivity index (χ0n) is 14.9. The molecule has 1 aliphatic carbocycles. The average molecular weight is 416 g/mol. The van der Waals surface area contributed by atoms with E-state index in [0.29, 0.717) is 18.8 Å². The van der Waals surface area contributed by atoms with Gasteiger partial charge in [0.25, 0.3) is 5.69 Å². The van der Waals surface area contributed by atoms with E-state index in [1.54, 1.807) is 0 Å². The summed E-state index contributed by atoms with van der Waals surface area (Å²) >= 11 is 5.75. The topological polar surface area (TPSA) is 110 Å². The number of piperidine rings is 1. The van der Waals surface area contributed by atoms with E-state index in [9.17, 15) is 23.3 Å². The van der Waals surface area contributed by atoms with E-state index in [1.165, 1.54) is 16.4 Å². The molecule has 8 nitrogen and oxygen atoms in total. The predicted octanol–water partition coefficient (Wildman–Crippen LogP) is 2.56. The average Bonchev–Trinajstić information content (AvgIpc) is 3.47. The van der Waals surface area contributed by atoms with Crippen molar-refractivity contribution < 1.29 is 18.1 Å². The molecule has 0 spiro atoms. The molecule has 1 aromatic carbocycles. The maximum atomic E-state index is 12.8. The molecule has 1 N–H and O–H groups in total. The SMILES string of the molecule is C[C@H](NC(=O)C1CCN(S(=O)(=O)c2ccc(Cl)c([N+](=O)[O-])c2)CC1)C1CC1. The largest absolute Gasteiger partial charge is 0.353 e. The van der Waals surface area contributed by atoms with Gasteiger partial charge in [-0.2, -0.15) is 4.31 Å². The Morgan fingerprint density at radius 1 is 1.30 bits per heavy atom. The zero-order chi connectivity index (χ0) is 19.8. The van der Waals surface area contributed by atoms with E-state index in [4.69, 9.17) is 11.6 Å². The Balaban J connectivity index is 1.65. The molecule has 0 bridgehead atoms. The Kier molecular flexibility index (Phi) is 5.73. The number of amides is 1. The van der Waals surface area contributed by atoms with Gasteiger partial charge < -0.3 is 5.32 Å². The first kappa shape index (κ1) is 20.0. The van der Waals surface area contributed by atoms with Gasteiger partial charge in [0.1, 0.15) is 5.02 Å². The highest BCUT2D eigenvalue weighted by molar-refractivity contribution is 7.89. The van der Waals surface area contributed by atoms with Crippen LogP contribution in [0.4, 0.5) is 5.69 Å². The standard InChI is InChI=1S/C17H22ClN3O5S/c1-11(12-2-3-12)19-17(22)13-6-8-20(9-7-13)27(25,26)14-4-5-15(18)16(10-14)21(23)24/h4-5,10-13H,2-3,6-9H2,1H3,(H,19,22)/t11-/m0/s1. The highest BCUT2D eigenvalue weighted by Crippen LogP contribution is 2.33. The van der Waals surface area contributed by atoms with Crippen LogP contribution in [0.25, 0.3) is 0 Å². The third-order valence-corrected chi connectivity index (χ3v) is 7.49. The molecule has 0 aromatic heterocycles. The lowest BCUT2D eigenvalue weighted by atomic mass is 9.96. The smallest absolute Gasteiger partial charge is 0.289 e. The quantitative estimate of drug-likeness (QED) is 0.567. The van der Waals surface area contributed by atoms with Crippen molar-refractivity contribution in [3.05, 3.63) is 33.3 Å². The zero-order valence-corrected chi connectivity index (χ0v) is 16.5. The van der Waals surface area contributed by atoms with Gasteiger partial charge in [0.2, 0.25) is 15.9 Å². The van der Waals surface area contributed by atoms with Crippen LogP contribution >= 0.6 is 11.6 Å². The van der Waals surface area contributed by atoms with Gasteiger partial charge in [-0.3, -0.25) is 14.9 Å². The van der Waals surface area contributed by atoms with Gasteiger partial charge in [-0.1, -0.05) is 11.6 Å². The molecule has 1 saturated carbocycles. The highest BCUT2D eigenvalue weighted by atomic mass is 35.5. The summed E-state index contributed by atoms with van der Waals surface area (Å²) in [7, 11) is -3.87. The summed E-state index contributed by atoms with van der Waals surface area (Å²) in [6.45, 7) is 2.41. The number of sulfonamides is 1. The summed E-state index contributed by atoms with van der Waals surface area (Å²) in [5, 5.41) is 13.9. The number of carbonyl (C=O) groups excluding carboxylic acids is 1. The van der Waals surface area contributed by atoms with E-state index in [1.807, 2.05) is 6.92 Å². The molecule has 10 heteroatoms. The molecule has 0 radical (unpaired) electrons. The number of nitro benzene ring substituents is 1. The van der Waals surface area contributed by atoms with Crippen LogP contribution in [0, 0.1) is 22.0 Å². The van der Waals surface area contributed by atoms with Crippen molar-refractivity contribution in [2.75, 3.05) is 13.1 Å². The van der Waals surface area contributed by atoms with Crippen LogP contribution in [-0.2, 0) is 14.8 Å². The lowest BCUT2D eigenvalue weighted by Gasteiger charge is -2.31. The van der Waals surface area contributed by atoms with Gasteiger partial charge in [-0.25, -0.2) is 8.42 Å². The van der Waals surface area contributed by atoms with Crippen LogP contribution in [-0.4, -0.2) is 42.7 Å². The fourth-order valence-electron chi connectivity index (χ4n) is 3.36. The summed E-state index contributed by atoms with van der Waals surface area (Å²) in [5.41, 5.74) is -0.443. The Morgan fingerprint density at radius 3 is 2.48 bits per heavy atom. The Labute approximate surface area is 163 Å². The molecule has 2 fully saturated rings. The molecule has 27 heavy (non-hydrogen) atoms. The van der Waals surface area contributed by atoms with Crippen LogP contribution < -0.4 is 5.32 Å². The lowest BCUT2D eigenvalue weighted by molar-refractivity contribution is -0.384. The minimum absolute atomic E-state index is 0.0198. The Bertz CT molecular complexity index is 848. The van der Waals surface area contributed by atoms with Crippen molar-refractivity contribution in [1.29, 1.82) is 0 Å². The van der Waals surface area contributed by atoms with Gasteiger partial charge >= 0.3 is 0 Å². The maximum Gasteiger partial charge on any atom is 0.289 e. The first-order valence-electron chi connectivity index (χ1n) is 8.94. The fraction of sp³-hybridized carbons (Fsp3) is 0.588. The van der Waals surface area contributed by atoms with Crippen LogP contribution in [0.5, 0.6) is 0 Å². The summed E-state index contributed by atoms with van der Waals surface area (Å²) in [4.78, 5) is 22.5. The summed E-state index contributed by atoms with van der Waals surface area (Å²) in [6, 6.07) is 3.62. The summed E-state index contributed by atoms with van der Waals surface area (Å²) in [5.74, 6) is 0.334. The number of hydrogen-bond acceptors (Lipinski definition) is 5. The number of carbonyl (C=O) groups is 1. The van der Waals surface area contributed by atoms with Crippen molar-refractivity contribution in [2.24, 2.45) is 11.8 Å². The van der Waals surface area contributed by atoms with Gasteiger partial charge in [-0.05, 0) is 50.7 Å². The summed E-state index contributed by atoms with van der Waals surface area (Å²) in [6.07, 6.45) is 3.15. The summed E-state index contributed by atoms with van der Waals surface area (Å²) < 4.78 is 26.8. The third-order valence-electron chi connectivity index (χ3n) is 5.28. The first-order chi connectivity index (χ1) is 12.7. The number of rotatable bonds is 6. The van der Waals surface area contributed by atoms with Crippen molar-refractivity contribution in [3.8, 4) is 0 Å². The van der Waals surface area contributed by atoms with Crippen molar-refractivity contribution >= 4 is 33.2 Å². The molecule has 148 valence electrons. The monoisotopic (exact) mass is 415 g/mol. The molecular weight excluding hydrogens is 394 g/mol. The molecule has 1 heterocycles. The van der Waals surface area contributed by atoms with Crippen molar-refractivity contribution in [3.63, 3.8) is 0 Å². The number of benzene rings is 1. The number of nitrogens with one attached hydrogen (secondary N) is 1. The van der Waals surface area contributed by atoms with Crippen LogP contribution in [0.3, 0.4) is 0 Å². The van der Waals surface area contributed by atoms with Gasteiger partial charge in [0.15, 0.2) is 0 Å².